The molecule has 0 fully saturated rings. The minimum atomic E-state index is 0.235. The molecule has 0 aliphatic carbocycles. The van der Waals surface area contributed by atoms with Crippen molar-refractivity contribution in [2.45, 2.75) is 20.4 Å². The Morgan fingerprint density at radius 2 is 1.94 bits per heavy atom. The van der Waals surface area contributed by atoms with E-state index in [1.54, 1.807) is 0 Å². The number of hydrogen-bond donors (Lipinski definition) is 1. The van der Waals surface area contributed by atoms with Crippen LogP contribution < -0.4 is 5.32 Å². The summed E-state index contributed by atoms with van der Waals surface area (Å²) < 4.78 is 2.17. The maximum atomic E-state index is 4.28. The van der Waals surface area contributed by atoms with Crippen LogP contribution in [0.15, 0.2) is 30.3 Å². The lowest BCUT2D eigenvalue weighted by atomic mass is 9.92. The molecule has 0 radical (unpaired) electrons. The highest BCUT2D eigenvalue weighted by Crippen LogP contribution is 2.30. The van der Waals surface area contributed by atoms with E-state index in [-0.39, 0.29) is 5.41 Å². The van der Waals surface area contributed by atoms with Gasteiger partial charge in [-0.25, -0.2) is 0 Å². The van der Waals surface area contributed by atoms with Crippen molar-refractivity contribution in [1.82, 2.24) is 14.8 Å². The molecule has 17 heavy (non-hydrogen) atoms. The van der Waals surface area contributed by atoms with Gasteiger partial charge in [0, 0.05) is 24.1 Å². The molecule has 4 heteroatoms. The van der Waals surface area contributed by atoms with Crippen LogP contribution in [0.2, 0.25) is 0 Å². The highest BCUT2D eigenvalue weighted by atomic mass is 15.4. The summed E-state index contributed by atoms with van der Waals surface area (Å²) in [4.78, 5) is 0. The molecule has 4 nitrogen and oxygen atoms in total. The smallest absolute Gasteiger partial charge is 0.224 e. The van der Waals surface area contributed by atoms with Crippen LogP contribution in [0.5, 0.6) is 0 Å². The molecular weight excluding hydrogens is 212 g/mol. The van der Waals surface area contributed by atoms with Gasteiger partial charge in [-0.2, -0.15) is 0 Å². The third-order valence-corrected chi connectivity index (χ3v) is 3.09. The maximum absolute atomic E-state index is 4.28. The van der Waals surface area contributed by atoms with Gasteiger partial charge in [-0.3, -0.25) is 4.57 Å². The lowest BCUT2D eigenvalue weighted by Gasteiger charge is -2.31. The van der Waals surface area contributed by atoms with Crippen LogP contribution in [0, 0.1) is 5.41 Å². The Kier molecular flexibility index (Phi) is 2.18. The van der Waals surface area contributed by atoms with Crippen LogP contribution in [-0.4, -0.2) is 21.3 Å². The molecule has 0 unspecified atom stereocenters. The quantitative estimate of drug-likeness (QED) is 0.815. The van der Waals surface area contributed by atoms with Crippen LogP contribution in [0.4, 0.5) is 5.95 Å². The normalized spacial score (nSPS) is 17.3. The zero-order valence-electron chi connectivity index (χ0n) is 10.1. The Bertz CT molecular complexity index is 528. The number of anilines is 1. The second-order valence-electron chi connectivity index (χ2n) is 5.32. The lowest BCUT2D eigenvalue weighted by Crippen LogP contribution is -2.34. The molecule has 0 amide bonds. The van der Waals surface area contributed by atoms with Gasteiger partial charge in [-0.1, -0.05) is 44.2 Å². The van der Waals surface area contributed by atoms with Crippen molar-refractivity contribution in [3.8, 4) is 11.4 Å². The SMILES string of the molecule is CC1(C)CNc2nnc(-c3ccccc3)n2C1. The summed E-state index contributed by atoms with van der Waals surface area (Å²) in [6, 6.07) is 10.2. The van der Waals surface area contributed by atoms with Gasteiger partial charge in [-0.15, -0.1) is 10.2 Å². The highest BCUT2D eigenvalue weighted by Gasteiger charge is 2.28. The van der Waals surface area contributed by atoms with Crippen molar-refractivity contribution < 1.29 is 0 Å². The minimum absolute atomic E-state index is 0.235. The summed E-state index contributed by atoms with van der Waals surface area (Å²) in [5, 5.41) is 11.8. The summed E-state index contributed by atoms with van der Waals surface area (Å²) in [6.07, 6.45) is 0. The molecule has 2 aromatic rings. The van der Waals surface area contributed by atoms with E-state index in [9.17, 15) is 0 Å². The van der Waals surface area contributed by atoms with Crippen molar-refractivity contribution >= 4 is 5.95 Å². The number of aromatic nitrogens is 3. The van der Waals surface area contributed by atoms with Gasteiger partial charge in [0.2, 0.25) is 5.95 Å². The van der Waals surface area contributed by atoms with E-state index < -0.39 is 0 Å². The Morgan fingerprint density at radius 1 is 1.18 bits per heavy atom. The second-order valence-corrected chi connectivity index (χ2v) is 5.32. The summed E-state index contributed by atoms with van der Waals surface area (Å²) >= 11 is 0. The Labute approximate surface area is 101 Å². The monoisotopic (exact) mass is 228 g/mol. The Morgan fingerprint density at radius 3 is 2.71 bits per heavy atom. The number of hydrogen-bond acceptors (Lipinski definition) is 3. The van der Waals surface area contributed by atoms with Crippen molar-refractivity contribution in [3.63, 3.8) is 0 Å². The molecule has 0 atom stereocenters. The number of nitrogens with zero attached hydrogens (tertiary/aromatic N) is 3. The van der Waals surface area contributed by atoms with Gasteiger partial charge in [0.25, 0.3) is 0 Å². The summed E-state index contributed by atoms with van der Waals surface area (Å²) in [5.74, 6) is 1.82. The number of nitrogens with one attached hydrogen (secondary N) is 1. The zero-order valence-corrected chi connectivity index (χ0v) is 10.1. The van der Waals surface area contributed by atoms with Crippen molar-refractivity contribution in [2.75, 3.05) is 11.9 Å². The van der Waals surface area contributed by atoms with Crippen LogP contribution >= 0.6 is 0 Å². The van der Waals surface area contributed by atoms with E-state index in [4.69, 9.17) is 0 Å². The molecule has 88 valence electrons. The van der Waals surface area contributed by atoms with E-state index in [0.29, 0.717) is 0 Å². The predicted molar refractivity (Wildman–Crippen MR) is 67.7 cm³/mol. The number of benzene rings is 1. The molecule has 0 saturated heterocycles. The molecule has 0 spiro atoms. The third-order valence-electron chi connectivity index (χ3n) is 3.09. The minimum Gasteiger partial charge on any atom is -0.354 e. The molecule has 2 heterocycles. The first-order chi connectivity index (χ1) is 8.16. The standard InChI is InChI=1S/C13H16N4/c1-13(2)8-14-12-16-15-11(17(12)9-13)10-6-4-3-5-7-10/h3-7H,8-9H2,1-2H3,(H,14,16). The Balaban J connectivity index is 2.07. The predicted octanol–water partition coefficient (Wildman–Crippen LogP) is 2.40. The zero-order chi connectivity index (χ0) is 11.9. The molecule has 1 aliphatic rings. The maximum Gasteiger partial charge on any atom is 0.224 e. The molecular formula is C13H16N4. The summed E-state index contributed by atoms with van der Waals surface area (Å²) in [5.41, 5.74) is 1.35. The molecule has 1 aliphatic heterocycles. The molecule has 1 aromatic heterocycles. The van der Waals surface area contributed by atoms with Crippen LogP contribution in [-0.2, 0) is 6.54 Å². The Hall–Kier alpha value is -1.84. The number of fused-ring (bicyclic) bond motifs is 1. The number of rotatable bonds is 1. The van der Waals surface area contributed by atoms with E-state index in [1.807, 2.05) is 18.2 Å². The van der Waals surface area contributed by atoms with Crippen molar-refractivity contribution in [1.29, 1.82) is 0 Å². The van der Waals surface area contributed by atoms with Gasteiger partial charge in [0.1, 0.15) is 0 Å². The first kappa shape index (κ1) is 10.3. The summed E-state index contributed by atoms with van der Waals surface area (Å²) in [6.45, 7) is 6.39. The topological polar surface area (TPSA) is 42.7 Å². The van der Waals surface area contributed by atoms with E-state index in [1.165, 1.54) is 0 Å². The van der Waals surface area contributed by atoms with E-state index in [0.717, 1.165) is 30.4 Å². The largest absolute Gasteiger partial charge is 0.354 e. The molecule has 3 rings (SSSR count). The van der Waals surface area contributed by atoms with Gasteiger partial charge in [0.05, 0.1) is 0 Å². The average molecular weight is 228 g/mol. The van der Waals surface area contributed by atoms with Gasteiger partial charge < -0.3 is 5.32 Å². The lowest BCUT2D eigenvalue weighted by molar-refractivity contribution is 0.311. The van der Waals surface area contributed by atoms with Crippen molar-refractivity contribution in [3.05, 3.63) is 30.3 Å². The summed E-state index contributed by atoms with van der Waals surface area (Å²) in [7, 11) is 0. The molecule has 0 saturated carbocycles. The first-order valence-electron chi connectivity index (χ1n) is 5.88. The van der Waals surface area contributed by atoms with Gasteiger partial charge in [0.15, 0.2) is 5.82 Å². The molecule has 0 bridgehead atoms. The fraction of sp³-hybridized carbons (Fsp3) is 0.385. The van der Waals surface area contributed by atoms with Crippen LogP contribution in [0.3, 0.4) is 0 Å². The molecule has 1 aromatic carbocycles. The first-order valence-corrected chi connectivity index (χ1v) is 5.88. The fourth-order valence-electron chi connectivity index (χ4n) is 2.19. The van der Waals surface area contributed by atoms with E-state index >= 15 is 0 Å². The van der Waals surface area contributed by atoms with Crippen LogP contribution in [0.1, 0.15) is 13.8 Å². The third kappa shape index (κ3) is 1.79. The van der Waals surface area contributed by atoms with Gasteiger partial charge >= 0.3 is 0 Å². The average Bonchev–Trinajstić information content (AvgIpc) is 2.71. The second kappa shape index (κ2) is 3.58. The van der Waals surface area contributed by atoms with Crippen molar-refractivity contribution in [2.24, 2.45) is 5.41 Å². The highest BCUT2D eigenvalue weighted by molar-refractivity contribution is 5.57. The van der Waals surface area contributed by atoms with Crippen LogP contribution in [0.25, 0.3) is 11.4 Å². The van der Waals surface area contributed by atoms with Gasteiger partial charge in [-0.05, 0) is 0 Å². The fourth-order valence-corrected chi connectivity index (χ4v) is 2.19. The van der Waals surface area contributed by atoms with E-state index in [2.05, 4.69) is 46.1 Å². The molecule has 1 N–H and O–H groups in total.